The van der Waals surface area contributed by atoms with Crippen LogP contribution in [0.25, 0.3) is 0 Å². The van der Waals surface area contributed by atoms with Crippen LogP contribution in [0.5, 0.6) is 5.75 Å². The topological polar surface area (TPSA) is 76.8 Å². The van der Waals surface area contributed by atoms with E-state index in [0.29, 0.717) is 12.2 Å². The van der Waals surface area contributed by atoms with E-state index in [2.05, 4.69) is 15.2 Å². The molecule has 0 spiro atoms. The van der Waals surface area contributed by atoms with Crippen LogP contribution in [0, 0.1) is 0 Å². The molecule has 0 aliphatic rings. The highest BCUT2D eigenvalue weighted by atomic mass is 16.5. The fourth-order valence-electron chi connectivity index (χ4n) is 1.57. The maximum atomic E-state index is 5.70. The molecular formula is C12H16N4O. The van der Waals surface area contributed by atoms with Gasteiger partial charge in [0.05, 0.1) is 13.2 Å². The van der Waals surface area contributed by atoms with Gasteiger partial charge in [0.15, 0.2) is 5.82 Å². The molecule has 1 aromatic heterocycles. The lowest BCUT2D eigenvalue weighted by molar-refractivity contribution is 0.414. The lowest BCUT2D eigenvalue weighted by atomic mass is 10.1. The van der Waals surface area contributed by atoms with Gasteiger partial charge in [-0.1, -0.05) is 12.1 Å². The summed E-state index contributed by atoms with van der Waals surface area (Å²) in [6.45, 7) is 1.86. The molecule has 1 unspecified atom stereocenters. The molecule has 1 atom stereocenters. The van der Waals surface area contributed by atoms with E-state index in [1.54, 1.807) is 7.11 Å². The van der Waals surface area contributed by atoms with Crippen LogP contribution in [0.1, 0.15) is 30.2 Å². The van der Waals surface area contributed by atoms with Gasteiger partial charge in [0.2, 0.25) is 0 Å². The second kappa shape index (κ2) is 4.97. The van der Waals surface area contributed by atoms with Crippen molar-refractivity contribution in [1.29, 1.82) is 0 Å². The SMILES string of the molecule is COc1cccc(Cc2nc(C(C)N)n[nH]2)c1. The minimum atomic E-state index is -0.148. The molecule has 90 valence electrons. The number of methoxy groups -OCH3 is 1. The number of rotatable bonds is 4. The van der Waals surface area contributed by atoms with Gasteiger partial charge in [-0.2, -0.15) is 5.10 Å². The van der Waals surface area contributed by atoms with Gasteiger partial charge in [0.25, 0.3) is 0 Å². The summed E-state index contributed by atoms with van der Waals surface area (Å²) in [5, 5.41) is 6.95. The Hall–Kier alpha value is -1.88. The lowest BCUT2D eigenvalue weighted by Crippen LogP contribution is -2.06. The van der Waals surface area contributed by atoms with Crippen LogP contribution < -0.4 is 10.5 Å². The van der Waals surface area contributed by atoms with Crippen molar-refractivity contribution in [3.05, 3.63) is 41.5 Å². The molecule has 1 heterocycles. The minimum Gasteiger partial charge on any atom is -0.497 e. The molecule has 5 heteroatoms. The first-order valence-electron chi connectivity index (χ1n) is 5.48. The number of nitrogens with two attached hydrogens (primary N) is 1. The monoisotopic (exact) mass is 232 g/mol. The molecule has 0 bridgehead atoms. The Morgan fingerprint density at radius 3 is 2.94 bits per heavy atom. The van der Waals surface area contributed by atoms with E-state index in [4.69, 9.17) is 10.5 Å². The first-order chi connectivity index (χ1) is 8.19. The summed E-state index contributed by atoms with van der Waals surface area (Å²) in [6, 6.07) is 7.73. The Bertz CT molecular complexity index is 493. The van der Waals surface area contributed by atoms with E-state index in [0.717, 1.165) is 17.1 Å². The normalized spacial score (nSPS) is 12.4. The quantitative estimate of drug-likeness (QED) is 0.835. The number of hydrogen-bond donors (Lipinski definition) is 2. The fraction of sp³-hybridized carbons (Fsp3) is 0.333. The molecule has 0 radical (unpaired) electrons. The zero-order chi connectivity index (χ0) is 12.3. The zero-order valence-corrected chi connectivity index (χ0v) is 9.97. The van der Waals surface area contributed by atoms with Crippen molar-refractivity contribution in [3.8, 4) is 5.75 Å². The van der Waals surface area contributed by atoms with Crippen LogP contribution in [0.4, 0.5) is 0 Å². The number of H-pyrrole nitrogens is 1. The number of nitrogens with one attached hydrogen (secondary N) is 1. The summed E-state index contributed by atoms with van der Waals surface area (Å²) in [7, 11) is 1.65. The summed E-state index contributed by atoms with van der Waals surface area (Å²) in [5.74, 6) is 2.29. The zero-order valence-electron chi connectivity index (χ0n) is 9.97. The van der Waals surface area contributed by atoms with Crippen molar-refractivity contribution >= 4 is 0 Å². The van der Waals surface area contributed by atoms with E-state index >= 15 is 0 Å². The second-order valence-electron chi connectivity index (χ2n) is 3.96. The van der Waals surface area contributed by atoms with Crippen molar-refractivity contribution in [2.24, 2.45) is 5.73 Å². The van der Waals surface area contributed by atoms with Crippen LogP contribution in [-0.2, 0) is 6.42 Å². The van der Waals surface area contributed by atoms with Gasteiger partial charge in [-0.05, 0) is 24.6 Å². The summed E-state index contributed by atoms with van der Waals surface area (Å²) >= 11 is 0. The highest BCUT2D eigenvalue weighted by Gasteiger charge is 2.07. The van der Waals surface area contributed by atoms with Gasteiger partial charge < -0.3 is 10.5 Å². The van der Waals surface area contributed by atoms with Crippen LogP contribution in [-0.4, -0.2) is 22.3 Å². The highest BCUT2D eigenvalue weighted by Crippen LogP contribution is 2.15. The lowest BCUT2D eigenvalue weighted by Gasteiger charge is -2.02. The predicted molar refractivity (Wildman–Crippen MR) is 64.8 cm³/mol. The van der Waals surface area contributed by atoms with Crippen LogP contribution in [0.2, 0.25) is 0 Å². The molecular weight excluding hydrogens is 216 g/mol. The average Bonchev–Trinajstić information content (AvgIpc) is 2.78. The number of aromatic nitrogens is 3. The first kappa shape index (κ1) is 11.6. The molecule has 17 heavy (non-hydrogen) atoms. The summed E-state index contributed by atoms with van der Waals surface area (Å²) in [6.07, 6.45) is 0.691. The summed E-state index contributed by atoms with van der Waals surface area (Å²) in [5.41, 5.74) is 6.82. The Kier molecular flexibility index (Phi) is 3.39. The van der Waals surface area contributed by atoms with Gasteiger partial charge in [-0.15, -0.1) is 0 Å². The number of hydrogen-bond acceptors (Lipinski definition) is 4. The number of ether oxygens (including phenoxy) is 1. The molecule has 0 aliphatic carbocycles. The Morgan fingerprint density at radius 1 is 1.47 bits per heavy atom. The fourth-order valence-corrected chi connectivity index (χ4v) is 1.57. The summed E-state index contributed by atoms with van der Waals surface area (Å²) < 4.78 is 5.17. The third-order valence-electron chi connectivity index (χ3n) is 2.46. The molecule has 2 rings (SSSR count). The third-order valence-corrected chi connectivity index (χ3v) is 2.46. The molecule has 2 aromatic rings. The van der Waals surface area contributed by atoms with Crippen LogP contribution in [0.3, 0.4) is 0 Å². The number of benzene rings is 1. The van der Waals surface area contributed by atoms with Crippen molar-refractivity contribution in [1.82, 2.24) is 15.2 Å². The molecule has 5 nitrogen and oxygen atoms in total. The molecule has 3 N–H and O–H groups in total. The molecule has 0 fully saturated rings. The highest BCUT2D eigenvalue weighted by molar-refractivity contribution is 5.30. The standard InChI is InChI=1S/C12H16N4O/c1-8(13)12-14-11(15-16-12)7-9-4-3-5-10(6-9)17-2/h3-6,8H,7,13H2,1-2H3,(H,14,15,16). The van der Waals surface area contributed by atoms with Crippen molar-refractivity contribution < 1.29 is 4.74 Å². The van der Waals surface area contributed by atoms with E-state index in [1.807, 2.05) is 31.2 Å². The largest absolute Gasteiger partial charge is 0.497 e. The Labute approximate surface area is 100 Å². The summed E-state index contributed by atoms with van der Waals surface area (Å²) in [4.78, 5) is 4.33. The smallest absolute Gasteiger partial charge is 0.167 e. The van der Waals surface area contributed by atoms with Gasteiger partial charge in [-0.25, -0.2) is 4.98 Å². The maximum absolute atomic E-state index is 5.70. The van der Waals surface area contributed by atoms with E-state index in [9.17, 15) is 0 Å². The van der Waals surface area contributed by atoms with Crippen LogP contribution in [0.15, 0.2) is 24.3 Å². The van der Waals surface area contributed by atoms with Gasteiger partial charge in [-0.3, -0.25) is 5.10 Å². The van der Waals surface area contributed by atoms with Crippen molar-refractivity contribution in [2.75, 3.05) is 7.11 Å². The second-order valence-corrected chi connectivity index (χ2v) is 3.96. The predicted octanol–water partition coefficient (Wildman–Crippen LogP) is 1.42. The van der Waals surface area contributed by atoms with E-state index in [1.165, 1.54) is 0 Å². The Morgan fingerprint density at radius 2 is 2.29 bits per heavy atom. The molecule has 1 aromatic carbocycles. The molecule has 0 saturated heterocycles. The van der Waals surface area contributed by atoms with Gasteiger partial charge >= 0.3 is 0 Å². The van der Waals surface area contributed by atoms with E-state index in [-0.39, 0.29) is 6.04 Å². The van der Waals surface area contributed by atoms with Crippen LogP contribution >= 0.6 is 0 Å². The average molecular weight is 232 g/mol. The minimum absolute atomic E-state index is 0.148. The number of nitrogens with zero attached hydrogens (tertiary/aromatic N) is 2. The van der Waals surface area contributed by atoms with Crippen molar-refractivity contribution in [3.63, 3.8) is 0 Å². The third kappa shape index (κ3) is 2.82. The molecule has 0 amide bonds. The maximum Gasteiger partial charge on any atom is 0.167 e. The molecule has 0 saturated carbocycles. The Balaban J connectivity index is 2.13. The van der Waals surface area contributed by atoms with Gasteiger partial charge in [0.1, 0.15) is 11.6 Å². The van der Waals surface area contributed by atoms with E-state index < -0.39 is 0 Å². The number of aromatic amines is 1. The first-order valence-corrected chi connectivity index (χ1v) is 5.48. The molecule has 0 aliphatic heterocycles. The van der Waals surface area contributed by atoms with Crippen molar-refractivity contribution in [2.45, 2.75) is 19.4 Å². The van der Waals surface area contributed by atoms with Gasteiger partial charge in [0, 0.05) is 6.42 Å².